The third-order valence-corrected chi connectivity index (χ3v) is 2.40. The van der Waals surface area contributed by atoms with Gasteiger partial charge < -0.3 is 5.11 Å². The van der Waals surface area contributed by atoms with Crippen LogP contribution in [0.5, 0.6) is 0 Å². The van der Waals surface area contributed by atoms with Crippen molar-refractivity contribution in [2.45, 2.75) is 0 Å². The van der Waals surface area contributed by atoms with Gasteiger partial charge in [0.25, 0.3) is 0 Å². The molecule has 1 N–H and O–H groups in total. The molecule has 2 aromatic rings. The van der Waals surface area contributed by atoms with Crippen molar-refractivity contribution in [1.29, 1.82) is 0 Å². The Balaban J connectivity index is 0.00000162. The van der Waals surface area contributed by atoms with Gasteiger partial charge in [-0.2, -0.15) is 0 Å². The predicted octanol–water partition coefficient (Wildman–Crippen LogP) is 3.47. The molecule has 0 unspecified atom stereocenters. The summed E-state index contributed by atoms with van der Waals surface area (Å²) < 4.78 is 0. The van der Waals surface area contributed by atoms with E-state index in [0.29, 0.717) is 11.1 Å². The Bertz CT molecular complexity index is 533. The molecule has 0 aliphatic heterocycles. The predicted molar refractivity (Wildman–Crippen MR) is 67.8 cm³/mol. The molecular weight excluding hydrogens is 268 g/mol. The first kappa shape index (κ1) is 14.2. The van der Waals surface area contributed by atoms with Crippen LogP contribution in [0, 0.1) is 0 Å². The quantitative estimate of drug-likeness (QED) is 0.404. The molecule has 0 radical (unpaired) electrons. The van der Waals surface area contributed by atoms with E-state index in [9.17, 15) is 9.90 Å². The number of hydrogen-bond donors (Lipinski definition) is 1. The molecule has 0 aromatic heterocycles. The van der Waals surface area contributed by atoms with Gasteiger partial charge >= 0.3 is 0 Å². The van der Waals surface area contributed by atoms with Crippen LogP contribution in [0.4, 0.5) is 0 Å². The first-order valence-electron chi connectivity index (χ1n) is 5.33. The third-order valence-electron chi connectivity index (χ3n) is 2.40. The molecule has 0 atom stereocenters. The van der Waals surface area contributed by atoms with Gasteiger partial charge in [0.2, 0.25) is 0 Å². The maximum atomic E-state index is 11.8. The summed E-state index contributed by atoms with van der Waals surface area (Å²) in [5.41, 5.74) is 1.20. The van der Waals surface area contributed by atoms with Crippen LogP contribution in [0.15, 0.2) is 66.7 Å². The minimum absolute atomic E-state index is 0. The van der Waals surface area contributed by atoms with Crippen molar-refractivity contribution in [1.82, 2.24) is 0 Å². The summed E-state index contributed by atoms with van der Waals surface area (Å²) in [5.74, 6) is -0.216. The Morgan fingerprint density at radius 1 is 0.833 bits per heavy atom. The molecule has 2 nitrogen and oxygen atoms in total. The Hall–Kier alpha value is -1.83. The minimum Gasteiger partial charge on any atom is -0.507 e. The topological polar surface area (TPSA) is 37.3 Å². The number of aliphatic hydroxyl groups excluding tert-OH is 1. The fourth-order valence-electron chi connectivity index (χ4n) is 1.50. The van der Waals surface area contributed by atoms with Crippen molar-refractivity contribution in [2.24, 2.45) is 0 Å². The van der Waals surface area contributed by atoms with Crippen molar-refractivity contribution in [3.05, 3.63) is 77.9 Å². The van der Waals surface area contributed by atoms with Gasteiger partial charge in [-0.25, -0.2) is 0 Å². The maximum absolute atomic E-state index is 11.8. The van der Waals surface area contributed by atoms with Crippen LogP contribution in [-0.2, 0) is 17.1 Å². The molecule has 18 heavy (non-hydrogen) atoms. The molecule has 0 saturated heterocycles. The summed E-state index contributed by atoms with van der Waals surface area (Å²) in [5, 5.41) is 9.79. The number of carbonyl (C=O) groups is 1. The van der Waals surface area contributed by atoms with E-state index in [1.165, 1.54) is 6.08 Å². The molecule has 0 spiro atoms. The van der Waals surface area contributed by atoms with Gasteiger partial charge in [-0.1, -0.05) is 60.7 Å². The fraction of sp³-hybridized carbons (Fsp3) is 0. The van der Waals surface area contributed by atoms with E-state index in [1.54, 1.807) is 36.4 Å². The zero-order valence-electron chi connectivity index (χ0n) is 9.56. The number of hydrogen-bond acceptors (Lipinski definition) is 2. The van der Waals surface area contributed by atoms with Crippen molar-refractivity contribution < 1.29 is 27.0 Å². The molecule has 0 amide bonds. The number of rotatable bonds is 3. The summed E-state index contributed by atoms with van der Waals surface area (Å²) in [6.07, 6.45) is 1.24. The maximum Gasteiger partial charge on any atom is 0.189 e. The van der Waals surface area contributed by atoms with E-state index in [2.05, 4.69) is 0 Å². The molecule has 0 saturated carbocycles. The fourth-order valence-corrected chi connectivity index (χ4v) is 1.50. The number of ketones is 1. The standard InChI is InChI=1S/C15H12O2.Fe/c16-14(12-7-3-1-4-8-12)11-15(17)13-9-5-2-6-10-13;/h1-11,16H;/b14-11-;. The second kappa shape index (κ2) is 6.80. The summed E-state index contributed by atoms with van der Waals surface area (Å²) in [4.78, 5) is 11.8. The van der Waals surface area contributed by atoms with Crippen LogP contribution >= 0.6 is 0 Å². The van der Waals surface area contributed by atoms with Gasteiger partial charge in [0, 0.05) is 34.3 Å². The normalized spacial score (nSPS) is 10.6. The summed E-state index contributed by atoms with van der Waals surface area (Å²) >= 11 is 0. The number of allylic oxidation sites excluding steroid dienone is 1. The van der Waals surface area contributed by atoms with E-state index in [1.807, 2.05) is 24.3 Å². The molecular formula is C15H12FeO2. The van der Waals surface area contributed by atoms with Gasteiger partial charge in [-0.05, 0) is 0 Å². The van der Waals surface area contributed by atoms with Crippen LogP contribution in [0.2, 0.25) is 0 Å². The SMILES string of the molecule is O=C(/C=C(\O)c1ccccc1)c1ccccc1.[Fe]. The van der Waals surface area contributed by atoms with Crippen LogP contribution in [-0.4, -0.2) is 10.9 Å². The van der Waals surface area contributed by atoms with Gasteiger partial charge in [0.15, 0.2) is 5.78 Å². The summed E-state index contributed by atoms with van der Waals surface area (Å²) in [6.45, 7) is 0. The van der Waals surface area contributed by atoms with Crippen molar-refractivity contribution in [2.75, 3.05) is 0 Å². The van der Waals surface area contributed by atoms with E-state index < -0.39 is 0 Å². The second-order valence-electron chi connectivity index (χ2n) is 3.63. The van der Waals surface area contributed by atoms with Crippen LogP contribution in [0.25, 0.3) is 5.76 Å². The molecule has 3 heteroatoms. The Labute approximate surface area is 116 Å². The number of carbonyl (C=O) groups excluding carboxylic acids is 1. The molecule has 0 aliphatic rings. The van der Waals surface area contributed by atoms with E-state index in [-0.39, 0.29) is 28.6 Å². The first-order valence-corrected chi connectivity index (χ1v) is 5.33. The van der Waals surface area contributed by atoms with Crippen molar-refractivity contribution in [3.63, 3.8) is 0 Å². The third kappa shape index (κ3) is 3.59. The molecule has 0 fully saturated rings. The van der Waals surface area contributed by atoms with Gasteiger partial charge in [-0.15, -0.1) is 0 Å². The second-order valence-corrected chi connectivity index (χ2v) is 3.63. The van der Waals surface area contributed by atoms with Crippen LogP contribution in [0.1, 0.15) is 15.9 Å². The number of benzene rings is 2. The Morgan fingerprint density at radius 2 is 1.28 bits per heavy atom. The average Bonchev–Trinajstić information content (AvgIpc) is 2.40. The zero-order chi connectivity index (χ0) is 12.1. The monoisotopic (exact) mass is 280 g/mol. The molecule has 0 bridgehead atoms. The van der Waals surface area contributed by atoms with Gasteiger partial charge in [0.05, 0.1) is 0 Å². The van der Waals surface area contributed by atoms with Crippen LogP contribution in [0.3, 0.4) is 0 Å². The van der Waals surface area contributed by atoms with Gasteiger partial charge in [0.1, 0.15) is 5.76 Å². The van der Waals surface area contributed by atoms with E-state index in [0.717, 1.165) is 0 Å². The Kier molecular flexibility index (Phi) is 5.37. The summed E-state index contributed by atoms with van der Waals surface area (Å²) in [7, 11) is 0. The van der Waals surface area contributed by atoms with Gasteiger partial charge in [-0.3, -0.25) is 4.79 Å². The molecule has 0 aliphatic carbocycles. The van der Waals surface area contributed by atoms with Crippen molar-refractivity contribution in [3.8, 4) is 0 Å². The molecule has 2 rings (SSSR count). The smallest absolute Gasteiger partial charge is 0.189 e. The van der Waals surface area contributed by atoms with E-state index >= 15 is 0 Å². The molecule has 2 aromatic carbocycles. The minimum atomic E-state index is -0.202. The Morgan fingerprint density at radius 3 is 1.78 bits per heavy atom. The average molecular weight is 280 g/mol. The van der Waals surface area contributed by atoms with E-state index in [4.69, 9.17) is 0 Å². The summed E-state index contributed by atoms with van der Waals surface area (Å²) in [6, 6.07) is 17.9. The zero-order valence-corrected chi connectivity index (χ0v) is 10.7. The number of aliphatic hydroxyl groups is 1. The first-order chi connectivity index (χ1) is 8.27. The largest absolute Gasteiger partial charge is 0.507 e. The van der Waals surface area contributed by atoms with Crippen LogP contribution < -0.4 is 0 Å². The van der Waals surface area contributed by atoms with Crippen molar-refractivity contribution >= 4 is 11.5 Å². The molecule has 0 heterocycles. The molecule has 92 valence electrons.